The van der Waals surface area contributed by atoms with Gasteiger partial charge in [0.25, 0.3) is 0 Å². The van der Waals surface area contributed by atoms with E-state index in [4.69, 9.17) is 9.47 Å². The molecule has 0 bridgehead atoms. The Morgan fingerprint density at radius 3 is 2.86 bits per heavy atom. The lowest BCUT2D eigenvalue weighted by Gasteiger charge is -2.12. The number of hydrogen-bond donors (Lipinski definition) is 0. The van der Waals surface area contributed by atoms with E-state index in [0.717, 1.165) is 20.6 Å². The molecule has 0 saturated heterocycles. The van der Waals surface area contributed by atoms with Crippen LogP contribution < -0.4 is 9.47 Å². The Bertz CT molecular complexity index is 796. The Labute approximate surface area is 141 Å². The van der Waals surface area contributed by atoms with Crippen LogP contribution in [0.15, 0.2) is 53.5 Å². The summed E-state index contributed by atoms with van der Waals surface area (Å²) < 4.78 is 13.1. The maximum atomic E-state index is 5.65. The molecule has 3 aromatic rings. The highest BCUT2D eigenvalue weighted by molar-refractivity contribution is 9.10. The maximum absolute atomic E-state index is 5.65. The number of nitrogens with zero attached hydrogens (tertiary/aromatic N) is 1. The van der Waals surface area contributed by atoms with Crippen molar-refractivity contribution in [2.24, 2.45) is 0 Å². The molecule has 0 radical (unpaired) electrons. The Morgan fingerprint density at radius 2 is 2.14 bits per heavy atom. The molecule has 1 aromatic heterocycles. The summed E-state index contributed by atoms with van der Waals surface area (Å²) in [7, 11) is 1.63. The van der Waals surface area contributed by atoms with Crippen LogP contribution in [0.3, 0.4) is 0 Å². The standard InChI is InChI=1S/C17H14BrNO2S/c1-3-8-21-16-12(18)9-11(10-14(16)20-2)17-19-13-6-4-5-7-15(13)22-17/h3-7,9-10H,1,8H2,2H3. The van der Waals surface area contributed by atoms with E-state index < -0.39 is 0 Å². The van der Waals surface area contributed by atoms with Gasteiger partial charge in [0.2, 0.25) is 0 Å². The van der Waals surface area contributed by atoms with Crippen molar-refractivity contribution in [1.29, 1.82) is 0 Å². The number of rotatable bonds is 5. The van der Waals surface area contributed by atoms with Crippen molar-refractivity contribution in [3.63, 3.8) is 0 Å². The first-order valence-electron chi connectivity index (χ1n) is 6.70. The Kier molecular flexibility index (Phi) is 4.45. The van der Waals surface area contributed by atoms with Gasteiger partial charge in [0.1, 0.15) is 11.6 Å². The Hall–Kier alpha value is -1.85. The number of hydrogen-bond acceptors (Lipinski definition) is 4. The highest BCUT2D eigenvalue weighted by atomic mass is 79.9. The molecule has 0 atom stereocenters. The lowest BCUT2D eigenvalue weighted by Crippen LogP contribution is -1.97. The summed E-state index contributed by atoms with van der Waals surface area (Å²) in [6.07, 6.45) is 1.70. The van der Waals surface area contributed by atoms with Gasteiger partial charge in [-0.05, 0) is 40.2 Å². The number of fused-ring (bicyclic) bond motifs is 1. The zero-order valence-corrected chi connectivity index (χ0v) is 14.4. The molecule has 3 nitrogen and oxygen atoms in total. The normalized spacial score (nSPS) is 10.6. The van der Waals surface area contributed by atoms with Crippen molar-refractivity contribution in [1.82, 2.24) is 4.98 Å². The third-order valence-electron chi connectivity index (χ3n) is 3.12. The van der Waals surface area contributed by atoms with Crippen molar-refractivity contribution < 1.29 is 9.47 Å². The fourth-order valence-electron chi connectivity index (χ4n) is 2.12. The van der Waals surface area contributed by atoms with E-state index in [-0.39, 0.29) is 0 Å². The number of thiazole rings is 1. The second kappa shape index (κ2) is 6.50. The molecule has 0 unspecified atom stereocenters. The molecule has 1 heterocycles. The zero-order chi connectivity index (χ0) is 15.5. The van der Waals surface area contributed by atoms with Gasteiger partial charge in [0.05, 0.1) is 21.8 Å². The minimum Gasteiger partial charge on any atom is -0.493 e. The SMILES string of the molecule is C=CCOc1c(Br)cc(-c2nc3ccccc3s2)cc1OC. The van der Waals surface area contributed by atoms with Crippen molar-refractivity contribution in [3.05, 3.63) is 53.5 Å². The fourth-order valence-corrected chi connectivity index (χ4v) is 3.63. The molecule has 22 heavy (non-hydrogen) atoms. The molecule has 2 aromatic carbocycles. The van der Waals surface area contributed by atoms with E-state index in [1.54, 1.807) is 24.5 Å². The average molecular weight is 376 g/mol. The molecular weight excluding hydrogens is 362 g/mol. The minimum atomic E-state index is 0.426. The van der Waals surface area contributed by atoms with E-state index >= 15 is 0 Å². The molecule has 0 amide bonds. The molecule has 0 N–H and O–H groups in total. The molecule has 0 fully saturated rings. The van der Waals surface area contributed by atoms with E-state index in [9.17, 15) is 0 Å². The zero-order valence-electron chi connectivity index (χ0n) is 12.0. The molecule has 3 rings (SSSR count). The van der Waals surface area contributed by atoms with Gasteiger partial charge in [-0.25, -0.2) is 4.98 Å². The highest BCUT2D eigenvalue weighted by Crippen LogP contribution is 2.41. The number of aromatic nitrogens is 1. The number of benzene rings is 2. The average Bonchev–Trinajstić information content (AvgIpc) is 2.97. The third kappa shape index (κ3) is 2.87. The monoisotopic (exact) mass is 375 g/mol. The largest absolute Gasteiger partial charge is 0.493 e. The van der Waals surface area contributed by atoms with Crippen LogP contribution in [-0.2, 0) is 0 Å². The second-order valence-corrected chi connectivity index (χ2v) is 6.46. The summed E-state index contributed by atoms with van der Waals surface area (Å²) in [6, 6.07) is 12.1. The van der Waals surface area contributed by atoms with Gasteiger partial charge >= 0.3 is 0 Å². The second-order valence-electron chi connectivity index (χ2n) is 4.58. The van der Waals surface area contributed by atoms with Gasteiger partial charge in [0, 0.05) is 5.56 Å². The van der Waals surface area contributed by atoms with Gasteiger partial charge in [-0.15, -0.1) is 11.3 Å². The van der Waals surface area contributed by atoms with Gasteiger partial charge in [-0.2, -0.15) is 0 Å². The minimum absolute atomic E-state index is 0.426. The van der Waals surface area contributed by atoms with Crippen molar-refractivity contribution in [3.8, 4) is 22.1 Å². The van der Waals surface area contributed by atoms with Crippen LogP contribution in [0.2, 0.25) is 0 Å². The lowest BCUT2D eigenvalue weighted by atomic mass is 10.2. The first-order valence-corrected chi connectivity index (χ1v) is 8.31. The summed E-state index contributed by atoms with van der Waals surface area (Å²) in [6.45, 7) is 4.09. The third-order valence-corrected chi connectivity index (χ3v) is 4.79. The summed E-state index contributed by atoms with van der Waals surface area (Å²) in [4.78, 5) is 4.68. The first-order chi connectivity index (χ1) is 10.7. The van der Waals surface area contributed by atoms with Gasteiger partial charge in [-0.3, -0.25) is 0 Å². The summed E-state index contributed by atoms with van der Waals surface area (Å²) in [5, 5.41) is 0.954. The highest BCUT2D eigenvalue weighted by Gasteiger charge is 2.14. The first kappa shape index (κ1) is 15.1. The molecule has 0 saturated carbocycles. The van der Waals surface area contributed by atoms with Gasteiger partial charge < -0.3 is 9.47 Å². The van der Waals surface area contributed by atoms with Crippen LogP contribution in [0, 0.1) is 0 Å². The number of halogens is 1. The summed E-state index contributed by atoms with van der Waals surface area (Å²) in [5.74, 6) is 1.35. The van der Waals surface area contributed by atoms with Gasteiger partial charge in [-0.1, -0.05) is 24.8 Å². The van der Waals surface area contributed by atoms with Crippen LogP contribution in [0.1, 0.15) is 0 Å². The Morgan fingerprint density at radius 1 is 1.32 bits per heavy atom. The quantitative estimate of drug-likeness (QED) is 0.567. The summed E-state index contributed by atoms with van der Waals surface area (Å²) >= 11 is 5.21. The molecular formula is C17H14BrNO2S. The van der Waals surface area contributed by atoms with Crippen molar-refractivity contribution >= 4 is 37.5 Å². The van der Waals surface area contributed by atoms with Crippen LogP contribution >= 0.6 is 27.3 Å². The maximum Gasteiger partial charge on any atom is 0.175 e. The molecule has 0 aliphatic rings. The predicted octanol–water partition coefficient (Wildman–Crippen LogP) is 5.30. The van der Waals surface area contributed by atoms with Crippen LogP contribution in [-0.4, -0.2) is 18.7 Å². The number of ether oxygens (including phenoxy) is 2. The van der Waals surface area contributed by atoms with E-state index in [0.29, 0.717) is 18.1 Å². The molecule has 0 aliphatic heterocycles. The van der Waals surface area contributed by atoms with Crippen molar-refractivity contribution in [2.75, 3.05) is 13.7 Å². The molecule has 0 aliphatic carbocycles. The molecule has 0 spiro atoms. The van der Waals surface area contributed by atoms with Crippen LogP contribution in [0.5, 0.6) is 11.5 Å². The van der Waals surface area contributed by atoms with Crippen molar-refractivity contribution in [2.45, 2.75) is 0 Å². The predicted molar refractivity (Wildman–Crippen MR) is 95.0 cm³/mol. The molecule has 5 heteroatoms. The number of methoxy groups -OCH3 is 1. The Balaban J connectivity index is 2.07. The van der Waals surface area contributed by atoms with E-state index in [1.165, 1.54) is 4.70 Å². The van der Waals surface area contributed by atoms with Gasteiger partial charge in [0.15, 0.2) is 11.5 Å². The smallest absolute Gasteiger partial charge is 0.175 e. The topological polar surface area (TPSA) is 31.4 Å². The van der Waals surface area contributed by atoms with E-state index in [2.05, 4.69) is 33.6 Å². The van der Waals surface area contributed by atoms with Crippen LogP contribution in [0.4, 0.5) is 0 Å². The fraction of sp³-hybridized carbons (Fsp3) is 0.118. The summed E-state index contributed by atoms with van der Waals surface area (Å²) in [5.41, 5.74) is 2.00. The lowest BCUT2D eigenvalue weighted by molar-refractivity contribution is 0.324. The number of para-hydroxylation sites is 1. The van der Waals surface area contributed by atoms with Crippen LogP contribution in [0.25, 0.3) is 20.8 Å². The molecule has 112 valence electrons. The van der Waals surface area contributed by atoms with E-state index in [1.807, 2.05) is 30.3 Å².